The molecule has 0 N–H and O–H groups in total. The Hall–Kier alpha value is -6.95. The van der Waals surface area contributed by atoms with E-state index in [0.717, 1.165) is 23.2 Å². The minimum absolute atomic E-state index is 0.0359. The van der Waals surface area contributed by atoms with Crippen LogP contribution < -0.4 is 18.9 Å². The molecule has 0 aliphatic carbocycles. The highest BCUT2D eigenvalue weighted by Gasteiger charge is 2.31. The first kappa shape index (κ1) is 31.3. The smallest absolute Gasteiger partial charge is 0.419 e. The molecule has 0 saturated carbocycles. The lowest BCUT2D eigenvalue weighted by molar-refractivity contribution is -0.138. The van der Waals surface area contributed by atoms with E-state index in [2.05, 4.69) is 19.9 Å². The number of nitrogens with zero attached hydrogens (tertiary/aromatic N) is 5. The van der Waals surface area contributed by atoms with Gasteiger partial charge in [-0.05, 0) is 60.7 Å². The second-order valence-corrected chi connectivity index (χ2v) is 11.2. The zero-order valence-electron chi connectivity index (χ0n) is 26.4. The molecule has 4 aromatic heterocycles. The first-order chi connectivity index (χ1) is 24.9. The molecule has 0 fully saturated rings. The predicted molar refractivity (Wildman–Crippen MR) is 183 cm³/mol. The van der Waals surface area contributed by atoms with Crippen LogP contribution in [-0.4, -0.2) is 24.5 Å². The number of halogens is 3. The maximum Gasteiger partial charge on any atom is 0.419 e. The van der Waals surface area contributed by atoms with Crippen molar-refractivity contribution in [3.8, 4) is 52.2 Å². The highest BCUT2D eigenvalue weighted by atomic mass is 19.4. The number of hydrogen-bond acceptors (Lipinski definition) is 8. The number of alkyl halides is 3. The summed E-state index contributed by atoms with van der Waals surface area (Å²) < 4.78 is 66.2. The second-order valence-electron chi connectivity index (χ2n) is 11.2. The molecular weight excluding hydrogens is 659 g/mol. The number of hydrogen-bond donors (Lipinski definition) is 0. The quantitative estimate of drug-likeness (QED) is 0.148. The monoisotopic (exact) mass is 683 g/mol. The van der Waals surface area contributed by atoms with Crippen LogP contribution in [-0.2, 0) is 6.18 Å². The van der Waals surface area contributed by atoms with Gasteiger partial charge in [0.15, 0.2) is 0 Å². The molecule has 0 atom stereocenters. The fourth-order valence-corrected chi connectivity index (χ4v) is 5.43. The lowest BCUT2D eigenvalue weighted by Gasteiger charge is -2.11. The average molecular weight is 684 g/mol. The molecule has 8 aromatic rings. The van der Waals surface area contributed by atoms with Gasteiger partial charge in [-0.3, -0.25) is 4.57 Å². The summed E-state index contributed by atoms with van der Waals surface area (Å²) in [5.41, 5.74) is 0.248. The number of ether oxygens (including phenoxy) is 4. The molecule has 12 heteroatoms. The van der Waals surface area contributed by atoms with E-state index in [0.29, 0.717) is 57.3 Å². The second kappa shape index (κ2) is 13.2. The van der Waals surface area contributed by atoms with E-state index in [1.54, 1.807) is 102 Å². The van der Waals surface area contributed by atoms with Gasteiger partial charge in [0.1, 0.15) is 34.5 Å². The molecule has 0 amide bonds. The minimum Gasteiger partial charge on any atom is -0.457 e. The Kier molecular flexibility index (Phi) is 8.08. The summed E-state index contributed by atoms with van der Waals surface area (Å²) in [7, 11) is 0. The first-order valence-electron chi connectivity index (χ1n) is 15.6. The summed E-state index contributed by atoms with van der Waals surface area (Å²) in [4.78, 5) is 16.6. The molecule has 0 radical (unpaired) electrons. The third-order valence-corrected chi connectivity index (χ3v) is 7.68. The van der Waals surface area contributed by atoms with Crippen LogP contribution in [0.25, 0.3) is 27.8 Å². The van der Waals surface area contributed by atoms with Gasteiger partial charge in [-0.15, -0.1) is 0 Å². The summed E-state index contributed by atoms with van der Waals surface area (Å²) in [5.74, 6) is 3.90. The molecule has 0 saturated heterocycles. The zero-order chi connectivity index (χ0) is 34.8. The maximum atomic E-state index is 13.4. The molecule has 9 nitrogen and oxygen atoms in total. The number of pyridine rings is 2. The summed E-state index contributed by atoms with van der Waals surface area (Å²) in [6.07, 6.45) is 0.209. The van der Waals surface area contributed by atoms with Gasteiger partial charge in [0.2, 0.25) is 17.7 Å². The molecule has 0 aliphatic rings. The summed E-state index contributed by atoms with van der Waals surface area (Å²) in [6.45, 7) is 0. The van der Waals surface area contributed by atoms with Crippen LogP contribution in [0, 0.1) is 0 Å². The van der Waals surface area contributed by atoms with E-state index in [-0.39, 0.29) is 5.95 Å². The summed E-state index contributed by atoms with van der Waals surface area (Å²) >= 11 is 0. The van der Waals surface area contributed by atoms with Crippen LogP contribution >= 0.6 is 0 Å². The molecule has 0 spiro atoms. The van der Waals surface area contributed by atoms with Crippen LogP contribution in [0.1, 0.15) is 5.56 Å². The molecule has 0 aliphatic heterocycles. The third kappa shape index (κ3) is 6.83. The summed E-state index contributed by atoms with van der Waals surface area (Å²) in [6, 6.07) is 35.8. The normalized spacial score (nSPS) is 11.4. The summed E-state index contributed by atoms with van der Waals surface area (Å²) in [5, 5.41) is 1.59. The molecule has 0 bridgehead atoms. The lowest BCUT2D eigenvalue weighted by atomic mass is 10.1. The Labute approximate surface area is 288 Å². The van der Waals surface area contributed by atoms with Crippen LogP contribution in [0.2, 0.25) is 0 Å². The molecule has 8 rings (SSSR count). The van der Waals surface area contributed by atoms with Crippen molar-refractivity contribution in [3.63, 3.8) is 0 Å². The fourth-order valence-electron chi connectivity index (χ4n) is 5.43. The Morgan fingerprint density at radius 1 is 0.451 bits per heavy atom. The Morgan fingerprint density at radius 2 is 0.902 bits per heavy atom. The van der Waals surface area contributed by atoms with E-state index in [4.69, 9.17) is 18.9 Å². The Morgan fingerprint density at radius 3 is 1.33 bits per heavy atom. The minimum atomic E-state index is -4.59. The average Bonchev–Trinajstić information content (AvgIpc) is 3.45. The number of rotatable bonds is 9. The highest BCUT2D eigenvalue weighted by molar-refractivity contribution is 6.09. The van der Waals surface area contributed by atoms with E-state index in [1.165, 1.54) is 0 Å². The highest BCUT2D eigenvalue weighted by Crippen LogP contribution is 2.38. The van der Waals surface area contributed by atoms with Crippen molar-refractivity contribution in [2.24, 2.45) is 0 Å². The SMILES string of the molecule is FC(F)(F)c1cnc(-n2c3cc(Oc4cccc(Oc5ccccn5)c4)ccc3c3ccc(Oc4cccc(Oc5ccccn5)c4)cc32)nc1. The molecule has 4 aromatic carbocycles. The first-order valence-corrected chi connectivity index (χ1v) is 15.6. The largest absolute Gasteiger partial charge is 0.457 e. The van der Waals surface area contributed by atoms with E-state index < -0.39 is 11.7 Å². The zero-order valence-corrected chi connectivity index (χ0v) is 26.4. The third-order valence-electron chi connectivity index (χ3n) is 7.68. The standard InChI is InChI=1S/C39H24F3N5O4/c40-39(41,42)25-23-45-38(46-24-25)47-34-21-30(48-26-7-5-9-28(19-26)50-36-11-1-3-17-43-36)13-15-32(34)33-16-14-31(22-35(33)47)49-27-8-6-10-29(20-27)51-37-12-2-4-18-44-37/h1-24H. The van der Waals surface area contributed by atoms with Crippen molar-refractivity contribution < 1.29 is 32.1 Å². The van der Waals surface area contributed by atoms with Gasteiger partial charge in [0, 0.05) is 72.0 Å². The van der Waals surface area contributed by atoms with Gasteiger partial charge in [-0.2, -0.15) is 13.2 Å². The topological polar surface area (TPSA) is 93.4 Å². The van der Waals surface area contributed by atoms with Crippen molar-refractivity contribution in [3.05, 3.63) is 152 Å². The van der Waals surface area contributed by atoms with Gasteiger partial charge in [0.05, 0.1) is 16.6 Å². The molecule has 4 heterocycles. The van der Waals surface area contributed by atoms with Crippen molar-refractivity contribution >= 4 is 21.8 Å². The van der Waals surface area contributed by atoms with Crippen LogP contribution in [0.3, 0.4) is 0 Å². The predicted octanol–water partition coefficient (Wildman–Crippen LogP) is 10.6. The fraction of sp³-hybridized carbons (Fsp3) is 0.0256. The van der Waals surface area contributed by atoms with Gasteiger partial charge in [-0.1, -0.05) is 24.3 Å². The van der Waals surface area contributed by atoms with Crippen LogP contribution in [0.5, 0.6) is 46.3 Å². The van der Waals surface area contributed by atoms with Crippen molar-refractivity contribution in [2.45, 2.75) is 6.18 Å². The van der Waals surface area contributed by atoms with E-state index in [9.17, 15) is 13.2 Å². The maximum absolute atomic E-state index is 13.4. The van der Waals surface area contributed by atoms with E-state index in [1.807, 2.05) is 36.4 Å². The number of aromatic nitrogens is 5. The lowest BCUT2D eigenvalue weighted by Crippen LogP contribution is -2.08. The van der Waals surface area contributed by atoms with Gasteiger partial charge < -0.3 is 18.9 Å². The van der Waals surface area contributed by atoms with Gasteiger partial charge in [-0.25, -0.2) is 19.9 Å². The van der Waals surface area contributed by atoms with Crippen molar-refractivity contribution in [1.82, 2.24) is 24.5 Å². The van der Waals surface area contributed by atoms with Crippen LogP contribution in [0.4, 0.5) is 13.2 Å². The van der Waals surface area contributed by atoms with Crippen molar-refractivity contribution in [2.75, 3.05) is 0 Å². The van der Waals surface area contributed by atoms with Crippen molar-refractivity contribution in [1.29, 1.82) is 0 Å². The molecule has 51 heavy (non-hydrogen) atoms. The molecule has 250 valence electrons. The van der Waals surface area contributed by atoms with E-state index >= 15 is 0 Å². The Balaban J connectivity index is 1.16. The molecular formula is C39H24F3N5O4. The Bertz CT molecular complexity index is 2330. The van der Waals surface area contributed by atoms with Gasteiger partial charge in [0.25, 0.3) is 0 Å². The van der Waals surface area contributed by atoms with Crippen LogP contribution in [0.15, 0.2) is 146 Å². The van der Waals surface area contributed by atoms with Gasteiger partial charge >= 0.3 is 6.18 Å². The molecule has 0 unspecified atom stereocenters. The number of benzene rings is 4. The number of fused-ring (bicyclic) bond motifs is 3.